The van der Waals surface area contributed by atoms with Crippen molar-refractivity contribution in [2.45, 2.75) is 6.92 Å². The van der Waals surface area contributed by atoms with Crippen molar-refractivity contribution in [2.75, 3.05) is 31.0 Å². The zero-order valence-electron chi connectivity index (χ0n) is 9.64. The molecule has 1 aromatic rings. The lowest BCUT2D eigenvalue weighted by atomic mass is 10.6. The van der Waals surface area contributed by atoms with E-state index in [4.69, 9.17) is 10.6 Å². The largest absolute Gasteiger partial charge is 0.459 e. The number of anilines is 2. The molecule has 1 aromatic heterocycles. The summed E-state index contributed by atoms with van der Waals surface area (Å²) in [6.07, 6.45) is 3.74. The molecule has 0 saturated carbocycles. The van der Waals surface area contributed by atoms with Crippen LogP contribution >= 0.6 is 0 Å². The standard InChI is InChI=1S/C9H16N6O/c1-4-5-6-16-9-12-7(14-10)11-8(13-9)15(2)3/h4-5H,6,10H2,1-3H3,(H,11,12,13,14)/b5-4+. The van der Waals surface area contributed by atoms with Gasteiger partial charge in [0.1, 0.15) is 6.61 Å². The molecule has 7 heteroatoms. The van der Waals surface area contributed by atoms with Crippen LogP contribution in [0.2, 0.25) is 0 Å². The van der Waals surface area contributed by atoms with E-state index in [0.29, 0.717) is 12.6 Å². The van der Waals surface area contributed by atoms with Crippen LogP contribution in [0.4, 0.5) is 11.9 Å². The van der Waals surface area contributed by atoms with Crippen molar-refractivity contribution in [1.29, 1.82) is 0 Å². The third kappa shape index (κ3) is 3.35. The highest BCUT2D eigenvalue weighted by molar-refractivity contribution is 5.36. The molecule has 0 atom stereocenters. The lowest BCUT2D eigenvalue weighted by molar-refractivity contribution is 0.332. The van der Waals surface area contributed by atoms with Crippen LogP contribution in [0.1, 0.15) is 6.92 Å². The molecule has 88 valence electrons. The number of ether oxygens (including phenoxy) is 1. The molecule has 0 aliphatic rings. The Labute approximate surface area is 94.3 Å². The summed E-state index contributed by atoms with van der Waals surface area (Å²) in [5.41, 5.74) is 2.37. The number of nitrogens with one attached hydrogen (secondary N) is 1. The van der Waals surface area contributed by atoms with E-state index in [1.807, 2.05) is 33.2 Å². The second-order valence-electron chi connectivity index (χ2n) is 3.16. The fraction of sp³-hybridized carbons (Fsp3) is 0.444. The fourth-order valence-corrected chi connectivity index (χ4v) is 0.894. The SMILES string of the molecule is C/C=C/COc1nc(NN)nc(N(C)C)n1. The van der Waals surface area contributed by atoms with Gasteiger partial charge in [-0.15, -0.1) is 0 Å². The Balaban J connectivity index is 2.86. The molecule has 7 nitrogen and oxygen atoms in total. The lowest BCUT2D eigenvalue weighted by Crippen LogP contribution is -2.18. The number of hydrogen-bond acceptors (Lipinski definition) is 7. The summed E-state index contributed by atoms with van der Waals surface area (Å²) in [5, 5.41) is 0. The molecule has 0 aromatic carbocycles. The van der Waals surface area contributed by atoms with Crippen molar-refractivity contribution in [3.8, 4) is 6.01 Å². The highest BCUT2D eigenvalue weighted by Crippen LogP contribution is 2.12. The maximum atomic E-state index is 5.31. The molecule has 0 fully saturated rings. The van der Waals surface area contributed by atoms with Gasteiger partial charge >= 0.3 is 6.01 Å². The van der Waals surface area contributed by atoms with Crippen LogP contribution in [-0.2, 0) is 0 Å². The minimum absolute atomic E-state index is 0.241. The van der Waals surface area contributed by atoms with E-state index in [1.54, 1.807) is 4.90 Å². The molecule has 0 saturated heterocycles. The van der Waals surface area contributed by atoms with Crippen LogP contribution in [0.3, 0.4) is 0 Å². The summed E-state index contributed by atoms with van der Waals surface area (Å²) in [6.45, 7) is 2.33. The first kappa shape index (κ1) is 12.2. The predicted molar refractivity (Wildman–Crippen MR) is 62.3 cm³/mol. The number of hydrogen-bond donors (Lipinski definition) is 2. The molecule has 3 N–H and O–H groups in total. The summed E-state index contributed by atoms with van der Waals surface area (Å²) < 4.78 is 5.31. The zero-order chi connectivity index (χ0) is 12.0. The zero-order valence-corrected chi connectivity index (χ0v) is 9.64. The minimum atomic E-state index is 0.241. The molecule has 0 aliphatic carbocycles. The Morgan fingerprint density at radius 1 is 1.38 bits per heavy atom. The van der Waals surface area contributed by atoms with Crippen LogP contribution < -0.4 is 20.9 Å². The third-order valence-electron chi connectivity index (χ3n) is 1.68. The Kier molecular flexibility index (Phi) is 4.46. The number of nitrogen functional groups attached to an aromatic ring is 1. The summed E-state index contributed by atoms with van der Waals surface area (Å²) in [4.78, 5) is 13.9. The topological polar surface area (TPSA) is 89.2 Å². The van der Waals surface area contributed by atoms with Crippen molar-refractivity contribution in [1.82, 2.24) is 15.0 Å². The monoisotopic (exact) mass is 224 g/mol. The van der Waals surface area contributed by atoms with Crippen molar-refractivity contribution in [3.05, 3.63) is 12.2 Å². The Bertz CT molecular complexity index is 365. The minimum Gasteiger partial charge on any atom is -0.459 e. The number of nitrogens with two attached hydrogens (primary N) is 1. The summed E-state index contributed by atoms with van der Waals surface area (Å²) in [5.74, 6) is 6.01. The highest BCUT2D eigenvalue weighted by atomic mass is 16.5. The molecule has 0 unspecified atom stereocenters. The average molecular weight is 224 g/mol. The first-order valence-corrected chi connectivity index (χ1v) is 4.81. The molecule has 0 amide bonds. The van der Waals surface area contributed by atoms with Crippen molar-refractivity contribution >= 4 is 11.9 Å². The van der Waals surface area contributed by atoms with Gasteiger partial charge in [-0.1, -0.05) is 12.2 Å². The van der Waals surface area contributed by atoms with Crippen molar-refractivity contribution in [2.24, 2.45) is 5.84 Å². The molecule has 16 heavy (non-hydrogen) atoms. The first-order valence-electron chi connectivity index (χ1n) is 4.81. The molecular weight excluding hydrogens is 208 g/mol. The van der Waals surface area contributed by atoms with E-state index in [0.717, 1.165) is 0 Å². The normalized spacial score (nSPS) is 10.5. The first-order chi connectivity index (χ1) is 7.67. The molecule has 0 radical (unpaired) electrons. The quantitative estimate of drug-likeness (QED) is 0.419. The predicted octanol–water partition coefficient (Wildman–Crippen LogP) is 0.178. The van der Waals surface area contributed by atoms with Gasteiger partial charge in [0.15, 0.2) is 0 Å². The second-order valence-corrected chi connectivity index (χ2v) is 3.16. The Morgan fingerprint density at radius 3 is 2.69 bits per heavy atom. The fourth-order valence-electron chi connectivity index (χ4n) is 0.894. The smallest absolute Gasteiger partial charge is 0.323 e. The Morgan fingerprint density at radius 2 is 2.12 bits per heavy atom. The van der Waals surface area contributed by atoms with Crippen molar-refractivity contribution < 1.29 is 4.74 Å². The molecule has 0 spiro atoms. The highest BCUT2D eigenvalue weighted by Gasteiger charge is 2.07. The van der Waals surface area contributed by atoms with Gasteiger partial charge in [0.25, 0.3) is 0 Å². The van der Waals surface area contributed by atoms with Gasteiger partial charge in [-0.05, 0) is 6.92 Å². The van der Waals surface area contributed by atoms with E-state index in [2.05, 4.69) is 20.4 Å². The number of nitrogens with zero attached hydrogens (tertiary/aromatic N) is 4. The second kappa shape index (κ2) is 5.86. The van der Waals surface area contributed by atoms with Gasteiger partial charge in [-0.2, -0.15) is 15.0 Å². The van der Waals surface area contributed by atoms with Crippen LogP contribution in [0.5, 0.6) is 6.01 Å². The number of allylic oxidation sites excluding steroid dienone is 1. The molecule has 0 bridgehead atoms. The average Bonchev–Trinajstić information content (AvgIpc) is 2.29. The lowest BCUT2D eigenvalue weighted by Gasteiger charge is -2.11. The maximum absolute atomic E-state index is 5.31. The number of aromatic nitrogens is 3. The van der Waals surface area contributed by atoms with E-state index < -0.39 is 0 Å². The van der Waals surface area contributed by atoms with Crippen LogP contribution in [-0.4, -0.2) is 35.7 Å². The summed E-state index contributed by atoms with van der Waals surface area (Å²) in [7, 11) is 3.65. The Hall–Kier alpha value is -1.89. The molecule has 0 aliphatic heterocycles. The van der Waals surface area contributed by atoms with E-state index in [-0.39, 0.29) is 12.0 Å². The van der Waals surface area contributed by atoms with Crippen LogP contribution in [0.15, 0.2) is 12.2 Å². The van der Waals surface area contributed by atoms with Gasteiger partial charge in [-0.3, -0.25) is 5.43 Å². The van der Waals surface area contributed by atoms with Gasteiger partial charge in [0.2, 0.25) is 11.9 Å². The third-order valence-corrected chi connectivity index (χ3v) is 1.68. The summed E-state index contributed by atoms with van der Waals surface area (Å²) >= 11 is 0. The van der Waals surface area contributed by atoms with Crippen LogP contribution in [0, 0.1) is 0 Å². The van der Waals surface area contributed by atoms with E-state index in [1.165, 1.54) is 0 Å². The molecule has 1 heterocycles. The molecular formula is C9H16N6O. The van der Waals surface area contributed by atoms with Gasteiger partial charge in [0, 0.05) is 14.1 Å². The molecule has 1 rings (SSSR count). The van der Waals surface area contributed by atoms with Gasteiger partial charge in [-0.25, -0.2) is 5.84 Å². The van der Waals surface area contributed by atoms with Crippen LogP contribution in [0.25, 0.3) is 0 Å². The van der Waals surface area contributed by atoms with Crippen molar-refractivity contribution in [3.63, 3.8) is 0 Å². The number of hydrazine groups is 1. The van der Waals surface area contributed by atoms with Gasteiger partial charge < -0.3 is 9.64 Å². The maximum Gasteiger partial charge on any atom is 0.323 e. The summed E-state index contributed by atoms with van der Waals surface area (Å²) in [6, 6.07) is 0.241. The number of rotatable bonds is 5. The van der Waals surface area contributed by atoms with E-state index in [9.17, 15) is 0 Å². The van der Waals surface area contributed by atoms with E-state index >= 15 is 0 Å². The van der Waals surface area contributed by atoms with Gasteiger partial charge in [0.05, 0.1) is 0 Å².